The van der Waals surface area contributed by atoms with E-state index in [-0.39, 0.29) is 17.8 Å². The molecule has 1 unspecified atom stereocenters. The standard InChI is InChI=1S/C22H35N3O3/c1-3-28-22(27)20(24-21(26)18-14-15-23-25(18)2)19(16-10-6-4-7-11-16)17-12-8-5-9-13-17/h14-17,19-20H,3-13H2,1-2H3,(H,24,26). The van der Waals surface area contributed by atoms with E-state index in [1.807, 2.05) is 6.92 Å². The van der Waals surface area contributed by atoms with Gasteiger partial charge < -0.3 is 10.1 Å². The van der Waals surface area contributed by atoms with Crippen molar-refractivity contribution in [1.29, 1.82) is 0 Å². The van der Waals surface area contributed by atoms with E-state index in [0.717, 1.165) is 25.7 Å². The van der Waals surface area contributed by atoms with Crippen molar-refractivity contribution in [2.75, 3.05) is 6.61 Å². The molecule has 1 aromatic heterocycles. The first-order valence-electron chi connectivity index (χ1n) is 11.1. The third-order valence-corrected chi connectivity index (χ3v) is 6.65. The Kier molecular flexibility index (Phi) is 7.51. The van der Waals surface area contributed by atoms with Gasteiger partial charge in [-0.1, -0.05) is 64.2 Å². The minimum Gasteiger partial charge on any atom is -0.464 e. The first-order chi connectivity index (χ1) is 13.6. The lowest BCUT2D eigenvalue weighted by Gasteiger charge is -2.41. The average Bonchev–Trinajstić information content (AvgIpc) is 3.15. The highest BCUT2D eigenvalue weighted by atomic mass is 16.5. The number of aryl methyl sites for hydroxylation is 1. The van der Waals surface area contributed by atoms with Crippen LogP contribution in [0.1, 0.15) is 81.6 Å². The lowest BCUT2D eigenvalue weighted by atomic mass is 9.66. The van der Waals surface area contributed by atoms with Crippen LogP contribution in [0.5, 0.6) is 0 Å². The molecule has 0 aliphatic heterocycles. The fraction of sp³-hybridized carbons (Fsp3) is 0.773. The van der Waals surface area contributed by atoms with Crippen LogP contribution in [0.4, 0.5) is 0 Å². The van der Waals surface area contributed by atoms with Gasteiger partial charge in [0.1, 0.15) is 11.7 Å². The van der Waals surface area contributed by atoms with E-state index in [1.54, 1.807) is 24.0 Å². The van der Waals surface area contributed by atoms with Crippen molar-refractivity contribution < 1.29 is 14.3 Å². The summed E-state index contributed by atoms with van der Waals surface area (Å²) in [7, 11) is 1.74. The summed E-state index contributed by atoms with van der Waals surface area (Å²) in [5.74, 6) is 0.613. The Balaban J connectivity index is 1.87. The molecular weight excluding hydrogens is 354 g/mol. The van der Waals surface area contributed by atoms with Gasteiger partial charge in [0.15, 0.2) is 0 Å². The number of carbonyl (C=O) groups is 2. The summed E-state index contributed by atoms with van der Waals surface area (Å²) in [4.78, 5) is 25.9. The maximum Gasteiger partial charge on any atom is 0.328 e. The average molecular weight is 390 g/mol. The van der Waals surface area contributed by atoms with Gasteiger partial charge in [0.2, 0.25) is 0 Å². The van der Waals surface area contributed by atoms with Crippen LogP contribution in [-0.2, 0) is 16.6 Å². The minimum atomic E-state index is -0.575. The Labute approximate surface area is 168 Å². The van der Waals surface area contributed by atoms with Crippen molar-refractivity contribution >= 4 is 11.9 Å². The summed E-state index contributed by atoms with van der Waals surface area (Å²) in [5, 5.41) is 7.16. The Hall–Kier alpha value is -1.85. The highest BCUT2D eigenvalue weighted by Gasteiger charge is 2.42. The highest BCUT2D eigenvalue weighted by Crippen LogP contribution is 2.42. The molecule has 2 fully saturated rings. The maximum absolute atomic E-state index is 13.0. The van der Waals surface area contributed by atoms with E-state index < -0.39 is 6.04 Å². The quantitative estimate of drug-likeness (QED) is 0.719. The third-order valence-electron chi connectivity index (χ3n) is 6.65. The Bertz CT molecular complexity index is 627. The topological polar surface area (TPSA) is 73.2 Å². The molecule has 6 nitrogen and oxygen atoms in total. The van der Waals surface area contributed by atoms with Crippen LogP contribution in [0.15, 0.2) is 12.3 Å². The van der Waals surface area contributed by atoms with Gasteiger partial charge in [0.05, 0.1) is 6.61 Å². The molecule has 0 spiro atoms. The van der Waals surface area contributed by atoms with Gasteiger partial charge in [-0.2, -0.15) is 5.10 Å². The van der Waals surface area contributed by atoms with Crippen LogP contribution in [0.25, 0.3) is 0 Å². The van der Waals surface area contributed by atoms with E-state index in [9.17, 15) is 9.59 Å². The second-order valence-corrected chi connectivity index (χ2v) is 8.42. The van der Waals surface area contributed by atoms with Crippen LogP contribution in [0, 0.1) is 17.8 Å². The Morgan fingerprint density at radius 3 is 2.14 bits per heavy atom. The molecule has 0 aromatic carbocycles. The lowest BCUT2D eigenvalue weighted by Crippen LogP contribution is -2.52. The first-order valence-corrected chi connectivity index (χ1v) is 11.1. The van der Waals surface area contributed by atoms with Gasteiger partial charge in [0, 0.05) is 13.2 Å². The molecule has 6 heteroatoms. The van der Waals surface area contributed by atoms with Gasteiger partial charge in [0.25, 0.3) is 5.91 Å². The largest absolute Gasteiger partial charge is 0.464 e. The molecule has 2 saturated carbocycles. The number of aromatic nitrogens is 2. The van der Waals surface area contributed by atoms with Gasteiger partial charge in [-0.25, -0.2) is 4.79 Å². The molecule has 0 saturated heterocycles. The van der Waals surface area contributed by atoms with Crippen LogP contribution in [0.3, 0.4) is 0 Å². The van der Waals surface area contributed by atoms with Crippen molar-refractivity contribution in [3.8, 4) is 0 Å². The van der Waals surface area contributed by atoms with Crippen LogP contribution >= 0.6 is 0 Å². The molecule has 1 amide bonds. The monoisotopic (exact) mass is 389 g/mol. The minimum absolute atomic E-state index is 0.164. The number of ether oxygens (including phenoxy) is 1. The molecule has 1 atom stereocenters. The zero-order valence-electron chi connectivity index (χ0n) is 17.4. The summed E-state index contributed by atoms with van der Waals surface area (Å²) in [6.07, 6.45) is 13.7. The molecule has 1 heterocycles. The van der Waals surface area contributed by atoms with Crippen molar-refractivity contribution in [3.63, 3.8) is 0 Å². The smallest absolute Gasteiger partial charge is 0.328 e. The zero-order valence-corrected chi connectivity index (χ0v) is 17.4. The van der Waals surface area contributed by atoms with Crippen molar-refractivity contribution in [2.45, 2.75) is 77.2 Å². The van der Waals surface area contributed by atoms with Crippen LogP contribution < -0.4 is 5.32 Å². The lowest BCUT2D eigenvalue weighted by molar-refractivity contribution is -0.148. The van der Waals surface area contributed by atoms with Gasteiger partial charge in [-0.15, -0.1) is 0 Å². The van der Waals surface area contributed by atoms with Gasteiger partial charge in [-0.05, 0) is 30.7 Å². The molecule has 3 rings (SSSR count). The van der Waals surface area contributed by atoms with E-state index in [2.05, 4.69) is 10.4 Å². The van der Waals surface area contributed by atoms with Gasteiger partial charge >= 0.3 is 5.97 Å². The maximum atomic E-state index is 13.0. The predicted octanol–water partition coefficient (Wildman–Crippen LogP) is 3.86. The predicted molar refractivity (Wildman–Crippen MR) is 108 cm³/mol. The SMILES string of the molecule is CCOC(=O)C(NC(=O)c1ccnn1C)C(C1CCCCC1)C1CCCCC1. The molecule has 28 heavy (non-hydrogen) atoms. The molecule has 156 valence electrons. The number of hydrogen-bond acceptors (Lipinski definition) is 4. The van der Waals surface area contributed by atoms with E-state index >= 15 is 0 Å². The molecule has 1 aromatic rings. The molecule has 0 radical (unpaired) electrons. The number of rotatable bonds is 7. The normalized spacial score (nSPS) is 20.1. The number of amides is 1. The van der Waals surface area contributed by atoms with Crippen LogP contribution in [0.2, 0.25) is 0 Å². The highest BCUT2D eigenvalue weighted by molar-refractivity contribution is 5.95. The zero-order chi connectivity index (χ0) is 19.9. The summed E-state index contributed by atoms with van der Waals surface area (Å²) in [6.45, 7) is 2.16. The molecule has 2 aliphatic rings. The van der Waals surface area contributed by atoms with E-state index in [1.165, 1.54) is 38.5 Å². The van der Waals surface area contributed by atoms with E-state index in [4.69, 9.17) is 4.74 Å². The fourth-order valence-corrected chi connectivity index (χ4v) is 5.32. The molecule has 0 bridgehead atoms. The summed E-state index contributed by atoms with van der Waals surface area (Å²) in [5.41, 5.74) is 0.473. The fourth-order valence-electron chi connectivity index (χ4n) is 5.32. The Morgan fingerprint density at radius 1 is 1.11 bits per heavy atom. The van der Waals surface area contributed by atoms with Gasteiger partial charge in [-0.3, -0.25) is 9.48 Å². The molecular formula is C22H35N3O3. The van der Waals surface area contributed by atoms with Crippen molar-refractivity contribution in [3.05, 3.63) is 18.0 Å². The molecule has 1 N–H and O–H groups in total. The van der Waals surface area contributed by atoms with Crippen LogP contribution in [-0.4, -0.2) is 34.3 Å². The molecule has 2 aliphatic carbocycles. The summed E-state index contributed by atoms with van der Waals surface area (Å²) in [6, 6.07) is 1.11. The third kappa shape index (κ3) is 4.95. The summed E-state index contributed by atoms with van der Waals surface area (Å²) < 4.78 is 6.99. The number of carbonyl (C=O) groups excluding carboxylic acids is 2. The van der Waals surface area contributed by atoms with Crippen molar-refractivity contribution in [1.82, 2.24) is 15.1 Å². The summed E-state index contributed by atoms with van der Waals surface area (Å²) >= 11 is 0. The van der Waals surface area contributed by atoms with E-state index in [0.29, 0.717) is 24.1 Å². The second kappa shape index (κ2) is 10.1. The van der Waals surface area contributed by atoms with Crippen molar-refractivity contribution in [2.24, 2.45) is 24.8 Å². The number of nitrogens with one attached hydrogen (secondary N) is 1. The number of esters is 1. The second-order valence-electron chi connectivity index (χ2n) is 8.42. The first kappa shape index (κ1) is 20.9. The number of hydrogen-bond donors (Lipinski definition) is 1. The number of nitrogens with zero attached hydrogens (tertiary/aromatic N) is 2. The Morgan fingerprint density at radius 2 is 1.68 bits per heavy atom.